The first-order chi connectivity index (χ1) is 8.61. The first kappa shape index (κ1) is 12.9. The van der Waals surface area contributed by atoms with Crippen molar-refractivity contribution in [2.45, 2.75) is 39.7 Å². The van der Waals surface area contributed by atoms with Crippen molar-refractivity contribution in [1.29, 1.82) is 0 Å². The van der Waals surface area contributed by atoms with Gasteiger partial charge in [0, 0.05) is 5.56 Å². The zero-order valence-corrected chi connectivity index (χ0v) is 11.4. The van der Waals surface area contributed by atoms with Crippen LogP contribution >= 0.6 is 0 Å². The van der Waals surface area contributed by atoms with Gasteiger partial charge in [0.1, 0.15) is 11.5 Å². The smallest absolute Gasteiger partial charge is 0.106 e. The molecule has 0 amide bonds. The Bertz CT molecular complexity index is 510. The maximum atomic E-state index is 6.29. The SMILES string of the molecule is CCCc1ccc(C(N)c2cc(C)oc2C)cc1. The highest BCUT2D eigenvalue weighted by Gasteiger charge is 2.14. The van der Waals surface area contributed by atoms with Gasteiger partial charge in [0.15, 0.2) is 0 Å². The number of rotatable bonds is 4. The summed E-state index contributed by atoms with van der Waals surface area (Å²) in [5.41, 5.74) is 9.88. The number of aryl methyl sites for hydroxylation is 3. The molecule has 96 valence electrons. The molecule has 0 aliphatic rings. The molecule has 1 unspecified atom stereocenters. The zero-order valence-electron chi connectivity index (χ0n) is 11.4. The summed E-state index contributed by atoms with van der Waals surface area (Å²) in [6.07, 6.45) is 2.30. The third-order valence-electron chi connectivity index (χ3n) is 3.29. The molecule has 1 aromatic carbocycles. The molecule has 0 fully saturated rings. The Morgan fingerprint density at radius 3 is 2.33 bits per heavy atom. The Balaban J connectivity index is 2.23. The maximum Gasteiger partial charge on any atom is 0.106 e. The maximum absolute atomic E-state index is 6.29. The van der Waals surface area contributed by atoms with Crippen molar-refractivity contribution in [1.82, 2.24) is 0 Å². The Hall–Kier alpha value is -1.54. The molecule has 0 saturated heterocycles. The highest BCUT2D eigenvalue weighted by Crippen LogP contribution is 2.25. The largest absolute Gasteiger partial charge is 0.466 e. The van der Waals surface area contributed by atoms with Crippen molar-refractivity contribution < 1.29 is 4.42 Å². The van der Waals surface area contributed by atoms with Gasteiger partial charge in [0.25, 0.3) is 0 Å². The van der Waals surface area contributed by atoms with Gasteiger partial charge in [0.05, 0.1) is 6.04 Å². The summed E-state index contributed by atoms with van der Waals surface area (Å²) < 4.78 is 5.54. The third kappa shape index (κ3) is 2.65. The minimum atomic E-state index is -0.0990. The van der Waals surface area contributed by atoms with Crippen LogP contribution in [0.25, 0.3) is 0 Å². The zero-order chi connectivity index (χ0) is 13.1. The van der Waals surface area contributed by atoms with E-state index in [1.165, 1.54) is 12.0 Å². The fourth-order valence-corrected chi connectivity index (χ4v) is 2.32. The van der Waals surface area contributed by atoms with Crippen LogP contribution in [-0.2, 0) is 6.42 Å². The molecule has 0 aliphatic carbocycles. The number of furan rings is 1. The Kier molecular flexibility index (Phi) is 3.87. The number of nitrogens with two attached hydrogens (primary N) is 1. The predicted molar refractivity (Wildman–Crippen MR) is 74.6 cm³/mol. The molecule has 1 aromatic heterocycles. The Labute approximate surface area is 109 Å². The second kappa shape index (κ2) is 5.40. The second-order valence-corrected chi connectivity index (χ2v) is 4.84. The van der Waals surface area contributed by atoms with Crippen LogP contribution in [-0.4, -0.2) is 0 Å². The number of benzene rings is 1. The molecule has 0 radical (unpaired) electrons. The first-order valence-corrected chi connectivity index (χ1v) is 6.53. The standard InChI is InChI=1S/C16H21NO/c1-4-5-13-6-8-14(9-7-13)16(17)15-10-11(2)18-12(15)3/h6-10,16H,4-5,17H2,1-3H3. The quantitative estimate of drug-likeness (QED) is 0.884. The lowest BCUT2D eigenvalue weighted by atomic mass is 9.98. The molecule has 0 bridgehead atoms. The van der Waals surface area contributed by atoms with Crippen LogP contribution < -0.4 is 5.73 Å². The first-order valence-electron chi connectivity index (χ1n) is 6.53. The van der Waals surface area contributed by atoms with Gasteiger partial charge < -0.3 is 10.2 Å². The summed E-state index contributed by atoms with van der Waals surface area (Å²) in [6, 6.07) is 10.5. The van der Waals surface area contributed by atoms with Gasteiger partial charge in [-0.25, -0.2) is 0 Å². The van der Waals surface area contributed by atoms with Crippen LogP contribution in [0.5, 0.6) is 0 Å². The van der Waals surface area contributed by atoms with E-state index in [0.29, 0.717) is 0 Å². The normalized spacial score (nSPS) is 12.7. The van der Waals surface area contributed by atoms with E-state index in [4.69, 9.17) is 10.2 Å². The van der Waals surface area contributed by atoms with Gasteiger partial charge >= 0.3 is 0 Å². The minimum Gasteiger partial charge on any atom is -0.466 e. The molecule has 18 heavy (non-hydrogen) atoms. The topological polar surface area (TPSA) is 39.2 Å². The van der Waals surface area contributed by atoms with Gasteiger partial charge in [-0.3, -0.25) is 0 Å². The summed E-state index contributed by atoms with van der Waals surface area (Å²) in [4.78, 5) is 0. The van der Waals surface area contributed by atoms with E-state index in [1.807, 2.05) is 19.9 Å². The van der Waals surface area contributed by atoms with E-state index in [0.717, 1.165) is 29.1 Å². The van der Waals surface area contributed by atoms with Crippen molar-refractivity contribution in [3.63, 3.8) is 0 Å². The number of hydrogen-bond acceptors (Lipinski definition) is 2. The van der Waals surface area contributed by atoms with E-state index in [9.17, 15) is 0 Å². The minimum absolute atomic E-state index is 0.0990. The molecular weight excluding hydrogens is 222 g/mol. The van der Waals surface area contributed by atoms with E-state index in [-0.39, 0.29) is 6.04 Å². The van der Waals surface area contributed by atoms with Crippen LogP contribution in [0.2, 0.25) is 0 Å². The molecular formula is C16H21NO. The van der Waals surface area contributed by atoms with Crippen LogP contribution in [0, 0.1) is 13.8 Å². The lowest BCUT2D eigenvalue weighted by Crippen LogP contribution is -2.12. The summed E-state index contributed by atoms with van der Waals surface area (Å²) in [5, 5.41) is 0. The molecule has 2 heteroatoms. The van der Waals surface area contributed by atoms with Crippen molar-refractivity contribution in [2.24, 2.45) is 5.73 Å². The lowest BCUT2D eigenvalue weighted by molar-refractivity contribution is 0.499. The fraction of sp³-hybridized carbons (Fsp3) is 0.375. The average molecular weight is 243 g/mol. The third-order valence-corrected chi connectivity index (χ3v) is 3.29. The lowest BCUT2D eigenvalue weighted by Gasteiger charge is -2.11. The highest BCUT2D eigenvalue weighted by molar-refractivity contribution is 5.35. The molecule has 2 N–H and O–H groups in total. The summed E-state index contributed by atoms with van der Waals surface area (Å²) in [7, 11) is 0. The van der Waals surface area contributed by atoms with Crippen molar-refractivity contribution >= 4 is 0 Å². The van der Waals surface area contributed by atoms with Gasteiger partial charge in [-0.2, -0.15) is 0 Å². The van der Waals surface area contributed by atoms with Gasteiger partial charge in [-0.15, -0.1) is 0 Å². The summed E-state index contributed by atoms with van der Waals surface area (Å²) in [5.74, 6) is 1.83. The summed E-state index contributed by atoms with van der Waals surface area (Å²) in [6.45, 7) is 6.11. The van der Waals surface area contributed by atoms with Crippen molar-refractivity contribution in [3.05, 3.63) is 58.5 Å². The average Bonchev–Trinajstić information content (AvgIpc) is 2.69. The van der Waals surface area contributed by atoms with E-state index in [1.54, 1.807) is 0 Å². The molecule has 2 aromatic rings. The van der Waals surface area contributed by atoms with Crippen molar-refractivity contribution in [3.8, 4) is 0 Å². The van der Waals surface area contributed by atoms with Gasteiger partial charge in [-0.05, 0) is 37.5 Å². The monoisotopic (exact) mass is 243 g/mol. The Morgan fingerprint density at radius 2 is 1.83 bits per heavy atom. The molecule has 0 spiro atoms. The highest BCUT2D eigenvalue weighted by atomic mass is 16.3. The van der Waals surface area contributed by atoms with Crippen LogP contribution in [0.4, 0.5) is 0 Å². The molecule has 2 nitrogen and oxygen atoms in total. The summed E-state index contributed by atoms with van der Waals surface area (Å²) >= 11 is 0. The van der Waals surface area contributed by atoms with Crippen LogP contribution in [0.1, 0.15) is 47.6 Å². The van der Waals surface area contributed by atoms with Gasteiger partial charge in [0.2, 0.25) is 0 Å². The van der Waals surface area contributed by atoms with Crippen LogP contribution in [0.15, 0.2) is 34.7 Å². The molecule has 1 heterocycles. The second-order valence-electron chi connectivity index (χ2n) is 4.84. The Morgan fingerprint density at radius 1 is 1.17 bits per heavy atom. The molecule has 1 atom stereocenters. The van der Waals surface area contributed by atoms with E-state index >= 15 is 0 Å². The fourth-order valence-electron chi connectivity index (χ4n) is 2.32. The van der Waals surface area contributed by atoms with E-state index in [2.05, 4.69) is 31.2 Å². The molecule has 2 rings (SSSR count). The van der Waals surface area contributed by atoms with Crippen molar-refractivity contribution in [2.75, 3.05) is 0 Å². The number of hydrogen-bond donors (Lipinski definition) is 1. The predicted octanol–water partition coefficient (Wildman–Crippen LogP) is 3.90. The van der Waals surface area contributed by atoms with Crippen LogP contribution in [0.3, 0.4) is 0 Å². The van der Waals surface area contributed by atoms with E-state index < -0.39 is 0 Å². The van der Waals surface area contributed by atoms with Gasteiger partial charge in [-0.1, -0.05) is 37.6 Å². The molecule has 0 aliphatic heterocycles. The molecule has 0 saturated carbocycles.